The van der Waals surface area contributed by atoms with E-state index in [1.54, 1.807) is 38.5 Å². The summed E-state index contributed by atoms with van der Waals surface area (Å²) in [5.41, 5.74) is 2.36. The molecule has 0 bridgehead atoms. The van der Waals surface area contributed by atoms with Gasteiger partial charge in [-0.25, -0.2) is 4.98 Å². The van der Waals surface area contributed by atoms with E-state index in [9.17, 15) is 0 Å². The number of methoxy groups -OCH3 is 2. The Morgan fingerprint density at radius 3 is 2.41 bits per heavy atom. The minimum Gasteiger partial charge on any atom is -0.497 e. The van der Waals surface area contributed by atoms with E-state index < -0.39 is 0 Å². The molecule has 1 aromatic heterocycles. The molecule has 1 heterocycles. The lowest BCUT2D eigenvalue weighted by molar-refractivity contribution is 0.394. The Hall–Kier alpha value is -2.46. The van der Waals surface area contributed by atoms with Crippen LogP contribution in [-0.2, 0) is 0 Å². The fourth-order valence-electron chi connectivity index (χ4n) is 2.08. The van der Waals surface area contributed by atoms with Gasteiger partial charge in [-0.15, -0.1) is 0 Å². The summed E-state index contributed by atoms with van der Waals surface area (Å²) < 4.78 is 16.1. The second-order valence-electron chi connectivity index (χ2n) is 4.64. The van der Waals surface area contributed by atoms with Gasteiger partial charge >= 0.3 is 0 Å². The van der Waals surface area contributed by atoms with Crippen LogP contribution in [0.15, 0.2) is 40.8 Å². The molecule has 5 heteroatoms. The predicted octanol–water partition coefficient (Wildman–Crippen LogP) is 4.67. The minimum atomic E-state index is 0.513. The van der Waals surface area contributed by atoms with Crippen molar-refractivity contribution in [3.05, 3.63) is 52.9 Å². The molecule has 0 atom stereocenters. The van der Waals surface area contributed by atoms with Crippen molar-refractivity contribution in [3.63, 3.8) is 0 Å². The molecule has 0 saturated heterocycles. The van der Waals surface area contributed by atoms with Crippen LogP contribution in [0.2, 0.25) is 5.02 Å². The summed E-state index contributed by atoms with van der Waals surface area (Å²) in [5, 5.41) is 0.633. The molecule has 3 rings (SSSR count). The van der Waals surface area contributed by atoms with E-state index in [1.165, 1.54) is 0 Å². The van der Waals surface area contributed by atoms with Crippen molar-refractivity contribution in [3.8, 4) is 11.5 Å². The van der Waals surface area contributed by atoms with E-state index in [1.807, 2.05) is 24.3 Å². The van der Waals surface area contributed by atoms with E-state index in [-0.39, 0.29) is 0 Å². The Labute approximate surface area is 132 Å². The van der Waals surface area contributed by atoms with Gasteiger partial charge in [0, 0.05) is 17.2 Å². The van der Waals surface area contributed by atoms with Gasteiger partial charge in [0.2, 0.25) is 5.89 Å². The van der Waals surface area contributed by atoms with E-state index in [2.05, 4.69) is 4.98 Å². The first-order valence-corrected chi connectivity index (χ1v) is 7.03. The average Bonchev–Trinajstić information content (AvgIpc) is 2.94. The number of benzene rings is 2. The van der Waals surface area contributed by atoms with Crippen LogP contribution >= 0.6 is 11.6 Å². The molecule has 0 fully saturated rings. The lowest BCUT2D eigenvalue weighted by atomic mass is 10.2. The molecule has 0 amide bonds. The molecule has 0 N–H and O–H groups in total. The topological polar surface area (TPSA) is 44.5 Å². The van der Waals surface area contributed by atoms with Gasteiger partial charge < -0.3 is 13.9 Å². The number of oxazole rings is 1. The van der Waals surface area contributed by atoms with Gasteiger partial charge in [0.15, 0.2) is 5.58 Å². The van der Waals surface area contributed by atoms with E-state index in [0.29, 0.717) is 16.5 Å². The quantitative estimate of drug-likeness (QED) is 0.702. The summed E-state index contributed by atoms with van der Waals surface area (Å²) in [5.74, 6) is 1.96. The van der Waals surface area contributed by atoms with Crippen LogP contribution in [0, 0.1) is 0 Å². The molecule has 112 valence electrons. The molecule has 22 heavy (non-hydrogen) atoms. The number of hydrogen-bond acceptors (Lipinski definition) is 4. The number of fused-ring (bicyclic) bond motifs is 1. The molecular weight excluding hydrogens is 302 g/mol. The third kappa shape index (κ3) is 3.07. The van der Waals surface area contributed by atoms with Gasteiger partial charge in [-0.05, 0) is 42.0 Å². The normalized spacial score (nSPS) is 11.2. The zero-order valence-electron chi connectivity index (χ0n) is 12.2. The van der Waals surface area contributed by atoms with Gasteiger partial charge in [-0.1, -0.05) is 11.6 Å². The van der Waals surface area contributed by atoms with Crippen LogP contribution < -0.4 is 9.47 Å². The van der Waals surface area contributed by atoms with Crippen LogP contribution in [-0.4, -0.2) is 19.2 Å². The van der Waals surface area contributed by atoms with Gasteiger partial charge in [0.1, 0.15) is 17.0 Å². The lowest BCUT2D eigenvalue weighted by Crippen LogP contribution is -1.88. The Bertz CT molecular complexity index is 817. The first-order chi connectivity index (χ1) is 10.7. The summed E-state index contributed by atoms with van der Waals surface area (Å²) in [6, 6.07) is 11.0. The van der Waals surface area contributed by atoms with Crippen molar-refractivity contribution >= 4 is 34.9 Å². The molecule has 4 nitrogen and oxygen atoms in total. The van der Waals surface area contributed by atoms with Crippen LogP contribution in [0.25, 0.3) is 23.3 Å². The summed E-state index contributed by atoms with van der Waals surface area (Å²) >= 11 is 5.94. The van der Waals surface area contributed by atoms with Crippen molar-refractivity contribution in [2.45, 2.75) is 0 Å². The lowest BCUT2D eigenvalue weighted by Gasteiger charge is -2.05. The van der Waals surface area contributed by atoms with Crippen LogP contribution in [0.4, 0.5) is 0 Å². The Balaban J connectivity index is 1.91. The first kappa shape index (κ1) is 14.5. The first-order valence-electron chi connectivity index (χ1n) is 6.65. The van der Waals surface area contributed by atoms with Crippen molar-refractivity contribution in [2.75, 3.05) is 14.2 Å². The average molecular weight is 316 g/mol. The third-order valence-corrected chi connectivity index (χ3v) is 3.39. The van der Waals surface area contributed by atoms with E-state index in [0.717, 1.165) is 22.6 Å². The molecule has 0 unspecified atom stereocenters. The number of rotatable bonds is 4. The molecular formula is C17H14ClNO3. The maximum absolute atomic E-state index is 5.94. The smallest absolute Gasteiger partial charge is 0.220 e. The highest BCUT2D eigenvalue weighted by atomic mass is 35.5. The van der Waals surface area contributed by atoms with Gasteiger partial charge in [0.25, 0.3) is 0 Å². The molecule has 0 aliphatic carbocycles. The fraction of sp³-hybridized carbons (Fsp3) is 0.118. The Morgan fingerprint density at radius 1 is 1.00 bits per heavy atom. The van der Waals surface area contributed by atoms with Gasteiger partial charge in [-0.2, -0.15) is 0 Å². The van der Waals surface area contributed by atoms with Crippen molar-refractivity contribution in [1.82, 2.24) is 4.98 Å². The number of ether oxygens (including phenoxy) is 2. The Kier molecular flexibility index (Phi) is 4.02. The van der Waals surface area contributed by atoms with Crippen molar-refractivity contribution in [1.29, 1.82) is 0 Å². The van der Waals surface area contributed by atoms with Gasteiger partial charge in [-0.3, -0.25) is 0 Å². The number of aromatic nitrogens is 1. The zero-order valence-corrected chi connectivity index (χ0v) is 12.9. The summed E-state index contributed by atoms with van der Waals surface area (Å²) in [7, 11) is 3.24. The number of nitrogens with zero attached hydrogens (tertiary/aromatic N) is 1. The Morgan fingerprint density at radius 2 is 1.73 bits per heavy atom. The third-order valence-electron chi connectivity index (χ3n) is 3.16. The second kappa shape index (κ2) is 6.12. The number of halogens is 1. The standard InChI is InChI=1S/C17H14ClNO3/c1-20-13-7-11(8-14(10-13)21-2)3-6-17-19-15-9-12(18)4-5-16(15)22-17/h3-10H,1-2H3/b6-3+. The highest BCUT2D eigenvalue weighted by molar-refractivity contribution is 6.31. The maximum atomic E-state index is 5.94. The van der Waals surface area contributed by atoms with Crippen LogP contribution in [0.3, 0.4) is 0 Å². The summed E-state index contributed by atoms with van der Waals surface area (Å²) in [6.45, 7) is 0. The molecule has 0 aliphatic heterocycles. The highest BCUT2D eigenvalue weighted by Crippen LogP contribution is 2.25. The molecule has 3 aromatic rings. The summed E-state index contributed by atoms with van der Waals surface area (Å²) in [4.78, 5) is 4.37. The largest absolute Gasteiger partial charge is 0.497 e. The van der Waals surface area contributed by atoms with Crippen LogP contribution in [0.5, 0.6) is 11.5 Å². The number of hydrogen-bond donors (Lipinski definition) is 0. The molecule has 0 saturated carbocycles. The van der Waals surface area contributed by atoms with Crippen molar-refractivity contribution < 1.29 is 13.9 Å². The van der Waals surface area contributed by atoms with Crippen LogP contribution in [0.1, 0.15) is 11.5 Å². The zero-order chi connectivity index (χ0) is 15.5. The van der Waals surface area contributed by atoms with E-state index >= 15 is 0 Å². The molecule has 0 aliphatic rings. The molecule has 2 aromatic carbocycles. The molecule has 0 radical (unpaired) electrons. The minimum absolute atomic E-state index is 0.513. The second-order valence-corrected chi connectivity index (χ2v) is 5.08. The van der Waals surface area contributed by atoms with Crippen molar-refractivity contribution in [2.24, 2.45) is 0 Å². The predicted molar refractivity (Wildman–Crippen MR) is 87.5 cm³/mol. The molecule has 0 spiro atoms. The maximum Gasteiger partial charge on any atom is 0.220 e. The fourth-order valence-corrected chi connectivity index (χ4v) is 2.25. The SMILES string of the molecule is COc1cc(/C=C/c2nc3cc(Cl)ccc3o2)cc(OC)c1. The summed E-state index contributed by atoms with van der Waals surface area (Å²) in [6.07, 6.45) is 3.68. The highest BCUT2D eigenvalue weighted by Gasteiger charge is 2.04. The monoisotopic (exact) mass is 315 g/mol. The van der Waals surface area contributed by atoms with Gasteiger partial charge in [0.05, 0.1) is 14.2 Å². The van der Waals surface area contributed by atoms with E-state index in [4.69, 9.17) is 25.5 Å².